The van der Waals surface area contributed by atoms with Gasteiger partial charge in [0.1, 0.15) is 5.52 Å². The molecule has 1 fully saturated rings. The number of rotatable bonds is 8. The summed E-state index contributed by atoms with van der Waals surface area (Å²) in [5.74, 6) is 1.33. The number of methoxy groups -OCH3 is 3. The summed E-state index contributed by atoms with van der Waals surface area (Å²) in [6, 6.07) is 16.8. The number of para-hydroxylation sites is 1. The highest BCUT2D eigenvalue weighted by Crippen LogP contribution is 2.38. The number of hydrogen-bond acceptors (Lipinski definition) is 8. The van der Waals surface area contributed by atoms with Crippen molar-refractivity contribution >= 4 is 22.7 Å². The number of benzene rings is 3. The van der Waals surface area contributed by atoms with Crippen molar-refractivity contribution in [2.45, 2.75) is 6.54 Å². The van der Waals surface area contributed by atoms with Gasteiger partial charge in [-0.15, -0.1) is 0 Å². The number of fused-ring (bicyclic) bond motifs is 1. The quantitative estimate of drug-likeness (QED) is 0.370. The highest BCUT2D eigenvalue weighted by molar-refractivity contribution is 6.06. The summed E-state index contributed by atoms with van der Waals surface area (Å²) in [6.07, 6.45) is 0. The first-order valence-corrected chi connectivity index (χ1v) is 12.1. The monoisotopic (exact) mass is 502 g/mol. The third-order valence-electron chi connectivity index (χ3n) is 6.40. The lowest BCUT2D eigenvalue weighted by Crippen LogP contribution is -2.42. The minimum Gasteiger partial charge on any atom is -0.493 e. The Morgan fingerprint density at radius 1 is 1.00 bits per heavy atom. The number of nitrogens with zero attached hydrogens (tertiary/aromatic N) is 2. The van der Waals surface area contributed by atoms with Crippen molar-refractivity contribution in [1.29, 1.82) is 0 Å². The molecule has 2 N–H and O–H groups in total. The van der Waals surface area contributed by atoms with Crippen LogP contribution in [-0.2, 0) is 6.54 Å². The number of hydrogen-bond donors (Lipinski definition) is 2. The number of carbonyl (C=O) groups is 1. The molecule has 0 spiro atoms. The summed E-state index contributed by atoms with van der Waals surface area (Å²) in [7, 11) is 4.54. The molecular formula is C28H30N4O5. The maximum Gasteiger partial charge on any atom is 0.255 e. The van der Waals surface area contributed by atoms with E-state index in [4.69, 9.17) is 23.6 Å². The fraction of sp³-hybridized carbons (Fsp3) is 0.286. The number of carbonyl (C=O) groups excluding carboxylic acids is 1. The minimum absolute atomic E-state index is 0.332. The van der Waals surface area contributed by atoms with Crippen LogP contribution in [0, 0.1) is 0 Å². The second-order valence-corrected chi connectivity index (χ2v) is 8.76. The van der Waals surface area contributed by atoms with Gasteiger partial charge in [0, 0.05) is 38.3 Å². The van der Waals surface area contributed by atoms with Gasteiger partial charge in [0.25, 0.3) is 5.91 Å². The van der Waals surface area contributed by atoms with Crippen LogP contribution in [0.5, 0.6) is 17.2 Å². The zero-order valence-corrected chi connectivity index (χ0v) is 21.2. The van der Waals surface area contributed by atoms with Crippen LogP contribution in [0.25, 0.3) is 22.6 Å². The Bertz CT molecular complexity index is 1390. The SMILES string of the molecule is COc1cc(C(=O)Nc2ccccc2-c2nc3ccc(CN4CCNCC4)cc3o2)cc(OC)c1OC. The molecule has 1 aromatic heterocycles. The van der Waals surface area contributed by atoms with E-state index in [1.165, 1.54) is 26.9 Å². The van der Waals surface area contributed by atoms with Crippen LogP contribution >= 0.6 is 0 Å². The predicted octanol–water partition coefficient (Wildman–Crippen LogP) is 4.18. The Hall–Kier alpha value is -4.08. The van der Waals surface area contributed by atoms with Crippen molar-refractivity contribution in [3.05, 3.63) is 65.7 Å². The molecule has 192 valence electrons. The van der Waals surface area contributed by atoms with Gasteiger partial charge in [-0.2, -0.15) is 0 Å². The molecule has 0 aliphatic carbocycles. The molecule has 0 bridgehead atoms. The zero-order valence-electron chi connectivity index (χ0n) is 21.2. The summed E-state index contributed by atoms with van der Waals surface area (Å²) in [4.78, 5) is 20.3. The number of ether oxygens (including phenoxy) is 3. The van der Waals surface area contributed by atoms with Crippen LogP contribution in [0.2, 0.25) is 0 Å². The van der Waals surface area contributed by atoms with E-state index < -0.39 is 0 Å². The van der Waals surface area contributed by atoms with E-state index in [9.17, 15) is 4.79 Å². The van der Waals surface area contributed by atoms with Crippen molar-refractivity contribution < 1.29 is 23.4 Å². The third kappa shape index (κ3) is 5.23. The van der Waals surface area contributed by atoms with Crippen LogP contribution < -0.4 is 24.8 Å². The Morgan fingerprint density at radius 3 is 2.43 bits per heavy atom. The first kappa shape index (κ1) is 24.6. The molecule has 1 amide bonds. The standard InChI is InChI=1S/C28H30N4O5/c1-34-24-15-19(16-25(35-2)26(24)36-3)27(33)30-21-7-5-4-6-20(21)28-31-22-9-8-18(14-23(22)37-28)17-32-12-10-29-11-13-32/h4-9,14-16,29H,10-13,17H2,1-3H3,(H,30,33). The average Bonchev–Trinajstić information content (AvgIpc) is 3.36. The Balaban J connectivity index is 1.41. The summed E-state index contributed by atoms with van der Waals surface area (Å²) in [5.41, 5.74) is 4.29. The van der Waals surface area contributed by atoms with Crippen LogP contribution in [0.15, 0.2) is 59.0 Å². The third-order valence-corrected chi connectivity index (χ3v) is 6.40. The van der Waals surface area contributed by atoms with E-state index in [1.807, 2.05) is 36.4 Å². The Morgan fingerprint density at radius 2 is 1.73 bits per heavy atom. The lowest BCUT2D eigenvalue weighted by Gasteiger charge is -2.27. The minimum atomic E-state index is -0.332. The van der Waals surface area contributed by atoms with Crippen LogP contribution in [0.4, 0.5) is 5.69 Å². The van der Waals surface area contributed by atoms with Crippen molar-refractivity contribution in [2.24, 2.45) is 0 Å². The first-order chi connectivity index (χ1) is 18.1. The second kappa shape index (κ2) is 10.9. The molecule has 1 aliphatic heterocycles. The van der Waals surface area contributed by atoms with Crippen LogP contribution in [0.3, 0.4) is 0 Å². The topological polar surface area (TPSA) is 98.1 Å². The smallest absolute Gasteiger partial charge is 0.255 e. The number of amides is 1. The molecule has 3 aromatic carbocycles. The molecule has 9 nitrogen and oxygen atoms in total. The van der Waals surface area contributed by atoms with Crippen molar-refractivity contribution in [1.82, 2.24) is 15.2 Å². The molecule has 1 aliphatic rings. The highest BCUT2D eigenvalue weighted by Gasteiger charge is 2.20. The van der Waals surface area contributed by atoms with E-state index in [1.54, 1.807) is 12.1 Å². The summed E-state index contributed by atoms with van der Waals surface area (Å²) < 4.78 is 22.3. The fourth-order valence-electron chi connectivity index (χ4n) is 4.50. The largest absolute Gasteiger partial charge is 0.493 e. The molecule has 9 heteroatoms. The fourth-order valence-corrected chi connectivity index (χ4v) is 4.50. The van der Waals surface area contributed by atoms with Gasteiger partial charge in [0.05, 0.1) is 32.6 Å². The van der Waals surface area contributed by atoms with Gasteiger partial charge >= 0.3 is 0 Å². The molecule has 4 aromatic rings. The van der Waals surface area contributed by atoms with Gasteiger partial charge in [0.15, 0.2) is 17.1 Å². The van der Waals surface area contributed by atoms with E-state index in [2.05, 4.69) is 21.6 Å². The molecule has 5 rings (SSSR count). The van der Waals surface area contributed by atoms with Gasteiger partial charge in [-0.25, -0.2) is 4.98 Å². The average molecular weight is 503 g/mol. The number of oxazole rings is 1. The lowest BCUT2D eigenvalue weighted by atomic mass is 10.1. The van der Waals surface area contributed by atoms with Crippen molar-refractivity contribution in [3.63, 3.8) is 0 Å². The summed E-state index contributed by atoms with van der Waals surface area (Å²) >= 11 is 0. The van der Waals surface area contributed by atoms with E-state index in [-0.39, 0.29) is 5.91 Å². The highest BCUT2D eigenvalue weighted by atomic mass is 16.5. The van der Waals surface area contributed by atoms with Gasteiger partial charge in [-0.3, -0.25) is 9.69 Å². The lowest BCUT2D eigenvalue weighted by molar-refractivity contribution is 0.102. The zero-order chi connectivity index (χ0) is 25.8. The normalized spacial score (nSPS) is 13.9. The van der Waals surface area contributed by atoms with E-state index >= 15 is 0 Å². The maximum atomic E-state index is 13.2. The van der Waals surface area contributed by atoms with Gasteiger partial charge in [-0.05, 0) is 42.0 Å². The predicted molar refractivity (Wildman–Crippen MR) is 142 cm³/mol. The summed E-state index contributed by atoms with van der Waals surface area (Å²) in [6.45, 7) is 4.94. The van der Waals surface area contributed by atoms with Gasteiger partial charge in [-0.1, -0.05) is 18.2 Å². The van der Waals surface area contributed by atoms with Gasteiger partial charge < -0.3 is 29.3 Å². The Kier molecular flexibility index (Phi) is 7.25. The van der Waals surface area contributed by atoms with Gasteiger partial charge in [0.2, 0.25) is 11.6 Å². The summed E-state index contributed by atoms with van der Waals surface area (Å²) in [5, 5.41) is 6.35. The van der Waals surface area contributed by atoms with Crippen LogP contribution in [0.1, 0.15) is 15.9 Å². The molecule has 0 atom stereocenters. The number of anilines is 1. The van der Waals surface area contributed by atoms with Crippen molar-refractivity contribution in [2.75, 3.05) is 52.8 Å². The molecule has 37 heavy (non-hydrogen) atoms. The van der Waals surface area contributed by atoms with E-state index in [0.717, 1.165) is 38.2 Å². The molecule has 0 saturated carbocycles. The molecule has 1 saturated heterocycles. The van der Waals surface area contributed by atoms with E-state index in [0.29, 0.717) is 45.5 Å². The van der Waals surface area contributed by atoms with Crippen molar-refractivity contribution in [3.8, 4) is 28.7 Å². The molecule has 2 heterocycles. The number of piperazine rings is 1. The number of aromatic nitrogens is 1. The first-order valence-electron chi connectivity index (χ1n) is 12.1. The van der Waals surface area contributed by atoms with Crippen LogP contribution in [-0.4, -0.2) is 63.3 Å². The Labute approximate surface area is 215 Å². The molecule has 0 radical (unpaired) electrons. The molecular weight excluding hydrogens is 472 g/mol. The number of nitrogens with one attached hydrogen (secondary N) is 2. The molecule has 0 unspecified atom stereocenters. The maximum absolute atomic E-state index is 13.2. The second-order valence-electron chi connectivity index (χ2n) is 8.76.